The van der Waals surface area contributed by atoms with Gasteiger partial charge in [0.2, 0.25) is 10.0 Å². The fourth-order valence-electron chi connectivity index (χ4n) is 1.89. The van der Waals surface area contributed by atoms with Crippen LogP contribution in [0.3, 0.4) is 0 Å². The van der Waals surface area contributed by atoms with Crippen LogP contribution in [0.5, 0.6) is 0 Å². The van der Waals surface area contributed by atoms with Crippen LogP contribution in [0.2, 0.25) is 0 Å². The summed E-state index contributed by atoms with van der Waals surface area (Å²) in [4.78, 5) is -0.417. The Bertz CT molecular complexity index is 712. The zero-order valence-electron chi connectivity index (χ0n) is 10.4. The van der Waals surface area contributed by atoms with Gasteiger partial charge in [-0.1, -0.05) is 0 Å². The Balaban J connectivity index is 2.26. The van der Waals surface area contributed by atoms with Crippen LogP contribution in [0.1, 0.15) is 12.8 Å². The molecule has 0 unspecified atom stereocenters. The number of nitrogens with two attached hydrogens (primary N) is 1. The topological polar surface area (TPSA) is 110 Å². The van der Waals surface area contributed by atoms with E-state index in [2.05, 4.69) is 4.72 Å². The molecule has 3 N–H and O–H groups in total. The van der Waals surface area contributed by atoms with Crippen LogP contribution in [0.15, 0.2) is 23.1 Å². The van der Waals surface area contributed by atoms with Crippen molar-refractivity contribution in [3.05, 3.63) is 24.0 Å². The molecular formula is C10H14FN3O4S2. The second-order valence-corrected chi connectivity index (χ2v) is 7.63. The smallest absolute Gasteiger partial charge is 0.268 e. The number of primary sulfonamides is 1. The number of hydrogen-bond acceptors (Lipinski definition) is 4. The van der Waals surface area contributed by atoms with Gasteiger partial charge in [0, 0.05) is 13.1 Å². The summed E-state index contributed by atoms with van der Waals surface area (Å²) in [6, 6.07) is 2.75. The molecule has 1 saturated heterocycles. The molecule has 20 heavy (non-hydrogen) atoms. The lowest BCUT2D eigenvalue weighted by molar-refractivity contribution is 0.482. The highest BCUT2D eigenvalue weighted by Gasteiger charge is 2.26. The average Bonchev–Trinajstić information content (AvgIpc) is 2.84. The summed E-state index contributed by atoms with van der Waals surface area (Å²) < 4.78 is 63.0. The van der Waals surface area contributed by atoms with Gasteiger partial charge < -0.3 is 0 Å². The van der Waals surface area contributed by atoms with E-state index in [0.717, 1.165) is 25.0 Å². The van der Waals surface area contributed by atoms with Crippen molar-refractivity contribution in [3.8, 4) is 0 Å². The molecule has 10 heteroatoms. The molecule has 1 aromatic carbocycles. The summed E-state index contributed by atoms with van der Waals surface area (Å²) in [5.74, 6) is -1.00. The molecule has 0 bridgehead atoms. The summed E-state index contributed by atoms with van der Waals surface area (Å²) in [7, 11) is -7.85. The second kappa shape index (κ2) is 5.28. The van der Waals surface area contributed by atoms with Crippen molar-refractivity contribution in [1.29, 1.82) is 0 Å². The highest BCUT2D eigenvalue weighted by molar-refractivity contribution is 7.90. The van der Waals surface area contributed by atoms with Crippen LogP contribution < -0.4 is 9.86 Å². The minimum absolute atomic E-state index is 0.315. The highest BCUT2D eigenvalue weighted by atomic mass is 32.2. The molecule has 7 nitrogen and oxygen atoms in total. The number of hydrogen-bond donors (Lipinski definition) is 2. The summed E-state index contributed by atoms with van der Waals surface area (Å²) in [6.07, 6.45) is 1.52. The molecule has 1 aromatic rings. The van der Waals surface area contributed by atoms with Crippen molar-refractivity contribution in [2.24, 2.45) is 5.14 Å². The molecule has 0 aromatic heterocycles. The first-order valence-electron chi connectivity index (χ1n) is 5.80. The van der Waals surface area contributed by atoms with Gasteiger partial charge in [0.25, 0.3) is 0 Å². The van der Waals surface area contributed by atoms with E-state index in [1.807, 2.05) is 0 Å². The van der Waals surface area contributed by atoms with E-state index in [0.29, 0.717) is 19.2 Å². The molecule has 0 amide bonds. The van der Waals surface area contributed by atoms with Crippen molar-refractivity contribution in [2.45, 2.75) is 17.7 Å². The van der Waals surface area contributed by atoms with E-state index in [-0.39, 0.29) is 5.69 Å². The van der Waals surface area contributed by atoms with Gasteiger partial charge in [-0.25, -0.2) is 17.9 Å². The number of halogens is 1. The standard InChI is InChI=1S/C10H14FN3O4S2/c11-9-7-8(19(12,15)16)3-4-10(9)13-20(17,18)14-5-1-2-6-14/h3-4,7,13H,1-2,5-6H2,(H2,12,15,16). The van der Waals surface area contributed by atoms with Gasteiger partial charge in [0.05, 0.1) is 10.6 Å². The molecular weight excluding hydrogens is 309 g/mol. The summed E-state index contributed by atoms with van der Waals surface area (Å²) in [6.45, 7) is 0.762. The van der Waals surface area contributed by atoms with Crippen LogP contribution in [0.4, 0.5) is 10.1 Å². The molecule has 1 aliphatic rings. The number of benzene rings is 1. The van der Waals surface area contributed by atoms with Crippen molar-refractivity contribution in [2.75, 3.05) is 17.8 Å². The van der Waals surface area contributed by atoms with Crippen LogP contribution in [-0.4, -0.2) is 34.2 Å². The molecule has 1 fully saturated rings. The molecule has 1 heterocycles. The van der Waals surface area contributed by atoms with Crippen molar-refractivity contribution >= 4 is 25.9 Å². The largest absolute Gasteiger partial charge is 0.301 e. The Morgan fingerprint density at radius 3 is 2.25 bits per heavy atom. The lowest BCUT2D eigenvalue weighted by atomic mass is 10.3. The average molecular weight is 323 g/mol. The number of sulfonamides is 1. The molecule has 1 aliphatic heterocycles. The van der Waals surface area contributed by atoms with Gasteiger partial charge in [-0.2, -0.15) is 12.7 Å². The molecule has 0 atom stereocenters. The minimum Gasteiger partial charge on any atom is -0.268 e. The molecule has 0 spiro atoms. The van der Waals surface area contributed by atoms with Crippen molar-refractivity contribution in [1.82, 2.24) is 4.31 Å². The molecule has 0 radical (unpaired) electrons. The van der Waals surface area contributed by atoms with E-state index < -0.39 is 30.9 Å². The van der Waals surface area contributed by atoms with Crippen molar-refractivity contribution in [3.63, 3.8) is 0 Å². The maximum absolute atomic E-state index is 13.7. The maximum Gasteiger partial charge on any atom is 0.301 e. The fraction of sp³-hybridized carbons (Fsp3) is 0.400. The van der Waals surface area contributed by atoms with Crippen LogP contribution in [0.25, 0.3) is 0 Å². The highest BCUT2D eigenvalue weighted by Crippen LogP contribution is 2.21. The lowest BCUT2D eigenvalue weighted by Gasteiger charge is -2.17. The Kier molecular flexibility index (Phi) is 4.00. The number of anilines is 1. The SMILES string of the molecule is NS(=O)(=O)c1ccc(NS(=O)(=O)N2CCCC2)c(F)c1. The predicted octanol–water partition coefficient (Wildman–Crippen LogP) is 0.226. The third-order valence-electron chi connectivity index (χ3n) is 2.91. The number of nitrogens with one attached hydrogen (secondary N) is 1. The third kappa shape index (κ3) is 3.26. The van der Waals surface area contributed by atoms with Crippen LogP contribution in [0, 0.1) is 5.82 Å². The van der Waals surface area contributed by atoms with Crippen LogP contribution in [-0.2, 0) is 20.2 Å². The summed E-state index contributed by atoms with van der Waals surface area (Å²) in [5.41, 5.74) is -0.315. The van der Waals surface area contributed by atoms with Gasteiger partial charge in [0.15, 0.2) is 0 Å². The first kappa shape index (κ1) is 15.2. The Hall–Kier alpha value is -1.23. The van der Waals surface area contributed by atoms with Crippen molar-refractivity contribution < 1.29 is 21.2 Å². The summed E-state index contributed by atoms with van der Waals surface area (Å²) in [5, 5.41) is 4.86. The van der Waals surface area contributed by atoms with E-state index in [4.69, 9.17) is 5.14 Å². The maximum atomic E-state index is 13.7. The van der Waals surface area contributed by atoms with E-state index in [9.17, 15) is 21.2 Å². The normalized spacial score (nSPS) is 17.3. The zero-order chi connectivity index (χ0) is 15.0. The monoisotopic (exact) mass is 323 g/mol. The lowest BCUT2D eigenvalue weighted by Crippen LogP contribution is -2.33. The molecule has 0 saturated carbocycles. The first-order chi connectivity index (χ1) is 9.20. The minimum atomic E-state index is -4.03. The Labute approximate surface area is 116 Å². The Morgan fingerprint density at radius 2 is 1.75 bits per heavy atom. The number of rotatable bonds is 4. The summed E-state index contributed by atoms with van der Waals surface area (Å²) >= 11 is 0. The quantitative estimate of drug-likeness (QED) is 0.826. The van der Waals surface area contributed by atoms with Gasteiger partial charge in [0.1, 0.15) is 5.82 Å². The number of nitrogens with zero attached hydrogens (tertiary/aromatic N) is 1. The molecule has 0 aliphatic carbocycles. The molecule has 112 valence electrons. The third-order valence-corrected chi connectivity index (χ3v) is 5.35. The van der Waals surface area contributed by atoms with Gasteiger partial charge in [-0.3, -0.25) is 4.72 Å². The Morgan fingerprint density at radius 1 is 1.15 bits per heavy atom. The van der Waals surface area contributed by atoms with E-state index in [1.165, 1.54) is 4.31 Å². The van der Waals surface area contributed by atoms with Gasteiger partial charge in [-0.15, -0.1) is 0 Å². The van der Waals surface area contributed by atoms with Gasteiger partial charge >= 0.3 is 10.2 Å². The zero-order valence-corrected chi connectivity index (χ0v) is 12.0. The fourth-order valence-corrected chi connectivity index (χ4v) is 3.72. The van der Waals surface area contributed by atoms with E-state index in [1.54, 1.807) is 0 Å². The van der Waals surface area contributed by atoms with Gasteiger partial charge in [-0.05, 0) is 31.0 Å². The van der Waals surface area contributed by atoms with Crippen LogP contribution >= 0.6 is 0 Å². The second-order valence-electron chi connectivity index (χ2n) is 4.40. The predicted molar refractivity (Wildman–Crippen MR) is 71.1 cm³/mol. The van der Waals surface area contributed by atoms with E-state index >= 15 is 0 Å². The first-order valence-corrected chi connectivity index (χ1v) is 8.79. The molecule has 2 rings (SSSR count).